The Morgan fingerprint density at radius 2 is 1.98 bits per heavy atom. The number of esters is 1. The van der Waals surface area contributed by atoms with Crippen LogP contribution >= 0.6 is 0 Å². The number of hydrogen-bond acceptors (Lipinski definition) is 9. The van der Waals surface area contributed by atoms with Crippen LogP contribution in [0.25, 0.3) is 22.0 Å². The van der Waals surface area contributed by atoms with Crippen molar-refractivity contribution in [2.75, 3.05) is 39.9 Å². The third-order valence-corrected chi connectivity index (χ3v) is 12.0. The highest BCUT2D eigenvalue weighted by molar-refractivity contribution is 5.95. The fourth-order valence-corrected chi connectivity index (χ4v) is 8.69. The monoisotopic (exact) mass is 756 g/mol. The van der Waals surface area contributed by atoms with Gasteiger partial charge in [0, 0.05) is 73.9 Å². The molecule has 2 fully saturated rings. The Kier molecular flexibility index (Phi) is 12.2. The largest absolute Gasteiger partial charge is 0.464 e. The van der Waals surface area contributed by atoms with Gasteiger partial charge in [0.15, 0.2) is 0 Å². The van der Waals surface area contributed by atoms with Crippen LogP contribution in [-0.4, -0.2) is 108 Å². The summed E-state index contributed by atoms with van der Waals surface area (Å²) in [7, 11) is 1.67. The molecule has 12 heteroatoms. The van der Waals surface area contributed by atoms with Gasteiger partial charge in [-0.2, -0.15) is 0 Å². The molecule has 0 spiro atoms. The third-order valence-electron chi connectivity index (χ3n) is 12.0. The van der Waals surface area contributed by atoms with Crippen molar-refractivity contribution in [3.63, 3.8) is 0 Å². The lowest BCUT2D eigenvalue weighted by Gasteiger charge is -2.38. The molecule has 55 heavy (non-hydrogen) atoms. The van der Waals surface area contributed by atoms with Gasteiger partial charge in [-0.25, -0.2) is 5.43 Å². The molecule has 4 heterocycles. The molecule has 2 aromatic rings. The van der Waals surface area contributed by atoms with Gasteiger partial charge in [0.05, 0.1) is 30.2 Å². The summed E-state index contributed by atoms with van der Waals surface area (Å²) >= 11 is 0. The Bertz CT molecular complexity index is 1900. The van der Waals surface area contributed by atoms with Gasteiger partial charge >= 0.3 is 5.97 Å². The van der Waals surface area contributed by atoms with Crippen LogP contribution in [0.4, 0.5) is 0 Å². The van der Waals surface area contributed by atoms with Crippen molar-refractivity contribution in [3.8, 4) is 0 Å². The lowest BCUT2D eigenvalue weighted by molar-refractivity contribution is -0.155. The Morgan fingerprint density at radius 3 is 2.64 bits per heavy atom. The molecule has 298 valence electrons. The molecular formula is C43H60N6O6. The molecular weight excluding hydrogens is 697 g/mol. The first-order chi connectivity index (χ1) is 26.2. The number of aryl methyl sites for hydroxylation is 1. The molecule has 2 amide bonds. The second-order valence-corrected chi connectivity index (χ2v) is 16.6. The number of carbonyl (C=O) groups excluding carboxylic acids is 3. The average molecular weight is 757 g/mol. The first-order valence-electron chi connectivity index (χ1n) is 19.9. The minimum Gasteiger partial charge on any atom is -0.464 e. The normalized spacial score (nSPS) is 29.6. The fraction of sp³-hybridized carbons (Fsp3) is 0.581. The summed E-state index contributed by atoms with van der Waals surface area (Å²) in [6.45, 7) is 20.8. The first kappa shape index (κ1) is 40.6. The topological polar surface area (TPSA) is 138 Å². The van der Waals surface area contributed by atoms with Crippen LogP contribution < -0.4 is 10.7 Å². The van der Waals surface area contributed by atoms with Crippen LogP contribution in [0, 0.1) is 23.2 Å². The number of nitrogens with one attached hydrogen (secondary N) is 2. The van der Waals surface area contributed by atoms with E-state index in [0.717, 1.165) is 44.6 Å². The Hall–Kier alpha value is -4.10. The van der Waals surface area contributed by atoms with Gasteiger partial charge < -0.3 is 24.5 Å². The number of cyclic esters (lactones) is 1. The number of aliphatic hydroxyl groups is 1. The standard InChI is InChI=1S/C43H60N6O6/c1-10-31(38(44-11-2)27(6)54-9)39-33-20-43(7,8)24-55-42(53)34-14-13-17-49(46-34)41(52)35(45-40(51)37-25(4)26(37)5)23-47-21-29(18-30(50)22-47)28-15-16-36(32(33)19-28)48(39)12-3/h10-11,15-16,18-19,25-27,30,34-35,37,46,50H,1,12-14,17,20-24H2,2-9H3,(H,45,51)/b38-31+,44-11-/t25-,26+,27-,30+,34-,35-,37+/m0/s1. The summed E-state index contributed by atoms with van der Waals surface area (Å²) in [6, 6.07) is 4.82. The smallest absolute Gasteiger partial charge is 0.324 e. The summed E-state index contributed by atoms with van der Waals surface area (Å²) in [4.78, 5) is 48.2. The number of hydrazine groups is 1. The van der Waals surface area contributed by atoms with E-state index in [1.807, 2.05) is 30.9 Å². The first-order valence-corrected chi connectivity index (χ1v) is 19.9. The quantitative estimate of drug-likeness (QED) is 0.200. The van der Waals surface area contributed by atoms with Gasteiger partial charge in [0.2, 0.25) is 5.91 Å². The molecule has 6 bridgehead atoms. The molecule has 1 aromatic carbocycles. The van der Waals surface area contributed by atoms with Crippen LogP contribution in [0.3, 0.4) is 0 Å². The number of rotatable bonds is 8. The molecule has 4 aliphatic rings. The highest BCUT2D eigenvalue weighted by Gasteiger charge is 2.49. The second-order valence-electron chi connectivity index (χ2n) is 16.6. The molecule has 1 saturated carbocycles. The highest BCUT2D eigenvalue weighted by atomic mass is 16.5. The molecule has 0 radical (unpaired) electrons. The molecule has 12 nitrogen and oxygen atoms in total. The van der Waals surface area contributed by atoms with Crippen LogP contribution in [0.15, 0.2) is 47.6 Å². The Balaban J connectivity index is 1.50. The number of carbonyl (C=O) groups is 3. The summed E-state index contributed by atoms with van der Waals surface area (Å²) < 4.78 is 14.2. The van der Waals surface area contributed by atoms with Crippen LogP contribution in [0.1, 0.15) is 78.1 Å². The predicted molar refractivity (Wildman–Crippen MR) is 216 cm³/mol. The SMILES string of the molecule is C=C/C(=C(\N=C/C)[C@H](C)OC)c1c2c3cc(ccc3n1CC)C1=C[C@@H](O)CN(C1)C[C@H](NC(=O)[C@H]1[C@H](C)[C@@H]1C)C(=O)N1CCC[C@H](N1)C(=O)OCC(C)(C)C2. The van der Waals surface area contributed by atoms with Crippen molar-refractivity contribution in [1.82, 2.24) is 25.2 Å². The van der Waals surface area contributed by atoms with Gasteiger partial charge in [-0.05, 0) is 86.8 Å². The van der Waals surface area contributed by atoms with E-state index in [1.165, 1.54) is 5.01 Å². The van der Waals surface area contributed by atoms with Crippen molar-refractivity contribution in [3.05, 3.63) is 59.4 Å². The van der Waals surface area contributed by atoms with E-state index in [0.29, 0.717) is 45.4 Å². The number of hydrogen-bond donors (Lipinski definition) is 3. The number of ether oxygens (including phenoxy) is 2. The molecule has 1 unspecified atom stereocenters. The average Bonchev–Trinajstić information content (AvgIpc) is 3.66. The lowest BCUT2D eigenvalue weighted by Crippen LogP contribution is -2.62. The molecule has 1 aromatic heterocycles. The van der Waals surface area contributed by atoms with Gasteiger partial charge in [-0.1, -0.05) is 46.4 Å². The minimum absolute atomic E-state index is 0.140. The second kappa shape index (κ2) is 16.6. The van der Waals surface area contributed by atoms with Crippen LogP contribution in [0.5, 0.6) is 0 Å². The maximum absolute atomic E-state index is 14.2. The summed E-state index contributed by atoms with van der Waals surface area (Å²) in [5.74, 6) is -0.526. The summed E-state index contributed by atoms with van der Waals surface area (Å²) in [6.07, 6.45) is 6.14. The zero-order chi connectivity index (χ0) is 39.8. The van der Waals surface area contributed by atoms with E-state index in [2.05, 4.69) is 74.7 Å². The summed E-state index contributed by atoms with van der Waals surface area (Å²) in [5, 5.41) is 16.8. The minimum atomic E-state index is -0.882. The van der Waals surface area contributed by atoms with E-state index in [4.69, 9.17) is 14.5 Å². The van der Waals surface area contributed by atoms with Crippen molar-refractivity contribution in [2.24, 2.45) is 28.2 Å². The number of aromatic nitrogens is 1. The third kappa shape index (κ3) is 8.38. The van der Waals surface area contributed by atoms with E-state index >= 15 is 0 Å². The zero-order valence-electron chi connectivity index (χ0n) is 33.9. The molecule has 3 N–H and O–H groups in total. The highest BCUT2D eigenvalue weighted by Crippen LogP contribution is 2.45. The lowest BCUT2D eigenvalue weighted by atomic mass is 9.84. The zero-order valence-corrected chi connectivity index (χ0v) is 33.9. The molecule has 6 rings (SSSR count). The van der Waals surface area contributed by atoms with Gasteiger partial charge in [-0.15, -0.1) is 0 Å². The van der Waals surface area contributed by atoms with Crippen molar-refractivity contribution in [2.45, 2.75) is 98.6 Å². The van der Waals surface area contributed by atoms with E-state index < -0.39 is 29.6 Å². The van der Waals surface area contributed by atoms with Crippen LogP contribution in [0.2, 0.25) is 0 Å². The number of allylic oxidation sites excluding steroid dienone is 2. The predicted octanol–water partition coefficient (Wildman–Crippen LogP) is 4.75. The van der Waals surface area contributed by atoms with E-state index in [1.54, 1.807) is 13.3 Å². The number of methoxy groups -OCH3 is 1. The van der Waals surface area contributed by atoms with Crippen LogP contribution in [-0.2, 0) is 36.8 Å². The molecule has 3 aliphatic heterocycles. The number of aliphatic imine (C=N–C) groups is 1. The molecule has 8 atom stereocenters. The maximum Gasteiger partial charge on any atom is 0.324 e. The number of amides is 2. The molecule has 1 aliphatic carbocycles. The maximum atomic E-state index is 14.2. The Labute approximate surface area is 325 Å². The number of benzene rings is 1. The van der Waals surface area contributed by atoms with Gasteiger partial charge in [0.25, 0.3) is 5.91 Å². The summed E-state index contributed by atoms with van der Waals surface area (Å²) in [5.41, 5.74) is 9.29. The van der Waals surface area contributed by atoms with Crippen molar-refractivity contribution >= 4 is 46.0 Å². The van der Waals surface area contributed by atoms with E-state index in [9.17, 15) is 19.5 Å². The fourth-order valence-electron chi connectivity index (χ4n) is 8.69. The number of fused-ring (bicyclic) bond motifs is 6. The number of nitrogens with zero attached hydrogens (tertiary/aromatic N) is 4. The molecule has 1 saturated heterocycles. The van der Waals surface area contributed by atoms with Gasteiger partial charge in [-0.3, -0.25) is 29.3 Å². The van der Waals surface area contributed by atoms with E-state index in [-0.39, 0.29) is 48.8 Å². The van der Waals surface area contributed by atoms with Gasteiger partial charge in [0.1, 0.15) is 12.1 Å². The van der Waals surface area contributed by atoms with Crippen molar-refractivity contribution in [1.29, 1.82) is 0 Å². The number of aliphatic hydroxyl groups excluding tert-OH is 1. The van der Waals surface area contributed by atoms with Crippen molar-refractivity contribution < 1.29 is 29.0 Å². The Morgan fingerprint density at radius 1 is 1.24 bits per heavy atom.